The van der Waals surface area contributed by atoms with Crippen LogP contribution >= 0.6 is 0 Å². The Labute approximate surface area is 87.7 Å². The molecule has 0 aliphatic heterocycles. The number of benzene rings is 1. The molecular formula is C11H13NO3. The first kappa shape index (κ1) is 11.3. The van der Waals surface area contributed by atoms with E-state index in [4.69, 9.17) is 15.9 Å². The molecule has 1 aromatic carbocycles. The predicted molar refractivity (Wildman–Crippen MR) is 58.6 cm³/mol. The predicted octanol–water partition coefficient (Wildman–Crippen LogP) is 1.36. The van der Waals surface area contributed by atoms with Gasteiger partial charge >= 0.3 is 5.97 Å². The first-order chi connectivity index (χ1) is 7.15. The Morgan fingerprint density at radius 3 is 2.80 bits per heavy atom. The smallest absolute Gasteiger partial charge is 0.336 e. The number of hydrogen-bond donors (Lipinski definition) is 3. The monoisotopic (exact) mass is 207 g/mol. The van der Waals surface area contributed by atoms with Gasteiger partial charge < -0.3 is 15.9 Å². The number of carboxylic acids is 1. The lowest BCUT2D eigenvalue weighted by Crippen LogP contribution is -2.00. The second-order valence-electron chi connectivity index (χ2n) is 3.07. The summed E-state index contributed by atoms with van der Waals surface area (Å²) in [6.07, 6.45) is 3.89. The maximum atomic E-state index is 10.9. The van der Waals surface area contributed by atoms with Gasteiger partial charge in [0.15, 0.2) is 0 Å². The minimum atomic E-state index is -1.01. The highest BCUT2D eigenvalue weighted by molar-refractivity contribution is 5.93. The van der Waals surface area contributed by atoms with Gasteiger partial charge in [0, 0.05) is 12.3 Å². The van der Waals surface area contributed by atoms with Crippen molar-refractivity contribution < 1.29 is 15.0 Å². The van der Waals surface area contributed by atoms with E-state index in [1.165, 1.54) is 6.07 Å². The fourth-order valence-electron chi connectivity index (χ4n) is 1.19. The van der Waals surface area contributed by atoms with Crippen LogP contribution in [0.15, 0.2) is 24.3 Å². The lowest BCUT2D eigenvalue weighted by Gasteiger charge is -2.02. The van der Waals surface area contributed by atoms with Gasteiger partial charge in [-0.25, -0.2) is 4.79 Å². The number of aliphatic hydroxyl groups is 1. The number of aromatic carboxylic acids is 1. The highest BCUT2D eigenvalue weighted by Crippen LogP contribution is 2.15. The van der Waals surface area contributed by atoms with E-state index in [1.54, 1.807) is 24.3 Å². The molecule has 0 aliphatic rings. The lowest BCUT2D eigenvalue weighted by molar-refractivity contribution is 0.0696. The van der Waals surface area contributed by atoms with Crippen LogP contribution < -0.4 is 5.73 Å². The number of rotatable bonds is 4. The summed E-state index contributed by atoms with van der Waals surface area (Å²) in [5, 5.41) is 17.5. The minimum absolute atomic E-state index is 0.0495. The number of carboxylic acid groups (broad SMARTS) is 1. The standard InChI is InChI=1S/C11H13NO3/c12-9-5-4-8(3-1-2-6-13)10(7-9)11(14)15/h1,3-5,7,13H,2,6,12H2,(H,14,15). The number of carbonyl (C=O) groups is 1. The number of hydrogen-bond acceptors (Lipinski definition) is 3. The van der Waals surface area contributed by atoms with Gasteiger partial charge in [0.2, 0.25) is 0 Å². The molecule has 1 aromatic rings. The maximum absolute atomic E-state index is 10.9. The molecule has 1 rings (SSSR count). The molecule has 0 atom stereocenters. The van der Waals surface area contributed by atoms with Crippen molar-refractivity contribution in [1.82, 2.24) is 0 Å². The van der Waals surface area contributed by atoms with Crippen molar-refractivity contribution in [2.75, 3.05) is 12.3 Å². The Hall–Kier alpha value is -1.81. The normalized spacial score (nSPS) is 10.7. The number of anilines is 1. The van der Waals surface area contributed by atoms with Crippen LogP contribution in [-0.2, 0) is 0 Å². The molecular weight excluding hydrogens is 194 g/mol. The highest BCUT2D eigenvalue weighted by Gasteiger charge is 2.07. The average Bonchev–Trinajstić information content (AvgIpc) is 2.20. The van der Waals surface area contributed by atoms with Crippen LogP contribution in [0.25, 0.3) is 6.08 Å². The van der Waals surface area contributed by atoms with E-state index in [2.05, 4.69) is 0 Å². The van der Waals surface area contributed by atoms with E-state index in [0.717, 1.165) is 0 Å². The zero-order valence-electron chi connectivity index (χ0n) is 8.18. The van der Waals surface area contributed by atoms with E-state index in [1.807, 2.05) is 0 Å². The molecule has 4 nitrogen and oxygen atoms in total. The van der Waals surface area contributed by atoms with Gasteiger partial charge in [-0.1, -0.05) is 18.2 Å². The zero-order chi connectivity index (χ0) is 11.3. The molecule has 0 aromatic heterocycles. The molecule has 0 amide bonds. The van der Waals surface area contributed by atoms with Crippen molar-refractivity contribution in [2.24, 2.45) is 0 Å². The summed E-state index contributed by atoms with van der Waals surface area (Å²) in [5.74, 6) is -1.01. The van der Waals surface area contributed by atoms with Crippen LogP contribution in [-0.4, -0.2) is 22.8 Å². The average molecular weight is 207 g/mol. The molecule has 0 saturated carbocycles. The van der Waals surface area contributed by atoms with Crippen molar-refractivity contribution in [3.8, 4) is 0 Å². The molecule has 0 aliphatic carbocycles. The second kappa shape index (κ2) is 5.17. The van der Waals surface area contributed by atoms with E-state index < -0.39 is 5.97 Å². The minimum Gasteiger partial charge on any atom is -0.478 e. The Balaban J connectivity index is 3.01. The molecule has 0 saturated heterocycles. The molecule has 0 spiro atoms. The molecule has 0 heterocycles. The third kappa shape index (κ3) is 3.11. The maximum Gasteiger partial charge on any atom is 0.336 e. The fraction of sp³-hybridized carbons (Fsp3) is 0.182. The highest BCUT2D eigenvalue weighted by atomic mass is 16.4. The quantitative estimate of drug-likeness (QED) is 0.651. The molecule has 0 unspecified atom stereocenters. The van der Waals surface area contributed by atoms with Gasteiger partial charge in [0.25, 0.3) is 0 Å². The van der Waals surface area contributed by atoms with Crippen molar-refractivity contribution in [1.29, 1.82) is 0 Å². The largest absolute Gasteiger partial charge is 0.478 e. The summed E-state index contributed by atoms with van der Waals surface area (Å²) in [4.78, 5) is 10.9. The molecule has 4 heteroatoms. The van der Waals surface area contributed by atoms with E-state index in [9.17, 15) is 4.79 Å². The number of aliphatic hydroxyl groups excluding tert-OH is 1. The van der Waals surface area contributed by atoms with Gasteiger partial charge in [0.05, 0.1) is 5.56 Å². The third-order valence-electron chi connectivity index (χ3n) is 1.90. The Morgan fingerprint density at radius 2 is 2.20 bits per heavy atom. The lowest BCUT2D eigenvalue weighted by atomic mass is 10.1. The van der Waals surface area contributed by atoms with Gasteiger partial charge in [0.1, 0.15) is 0 Å². The fourth-order valence-corrected chi connectivity index (χ4v) is 1.19. The van der Waals surface area contributed by atoms with Crippen LogP contribution in [0.3, 0.4) is 0 Å². The summed E-state index contributed by atoms with van der Waals surface area (Å²) in [7, 11) is 0. The summed E-state index contributed by atoms with van der Waals surface area (Å²) in [6.45, 7) is 0.0495. The van der Waals surface area contributed by atoms with E-state index in [-0.39, 0.29) is 12.2 Å². The molecule has 0 radical (unpaired) electrons. The van der Waals surface area contributed by atoms with Gasteiger partial charge in [-0.15, -0.1) is 0 Å². The Bertz CT molecular complexity index is 385. The van der Waals surface area contributed by atoms with Crippen LogP contribution in [0.4, 0.5) is 5.69 Å². The van der Waals surface area contributed by atoms with Gasteiger partial charge in [-0.3, -0.25) is 0 Å². The van der Waals surface area contributed by atoms with Crippen LogP contribution in [0.5, 0.6) is 0 Å². The van der Waals surface area contributed by atoms with Gasteiger partial charge in [-0.05, 0) is 24.1 Å². The Morgan fingerprint density at radius 1 is 1.47 bits per heavy atom. The first-order valence-corrected chi connectivity index (χ1v) is 4.55. The Kier molecular flexibility index (Phi) is 3.88. The zero-order valence-corrected chi connectivity index (χ0v) is 8.18. The van der Waals surface area contributed by atoms with Crippen molar-refractivity contribution in [3.63, 3.8) is 0 Å². The van der Waals surface area contributed by atoms with Crippen molar-refractivity contribution >= 4 is 17.7 Å². The molecule has 0 bridgehead atoms. The number of nitrogen functional groups attached to an aromatic ring is 1. The summed E-state index contributed by atoms with van der Waals surface area (Å²) in [6, 6.07) is 4.71. The summed E-state index contributed by atoms with van der Waals surface area (Å²) >= 11 is 0. The van der Waals surface area contributed by atoms with Crippen LogP contribution in [0.2, 0.25) is 0 Å². The van der Waals surface area contributed by atoms with Crippen LogP contribution in [0.1, 0.15) is 22.3 Å². The van der Waals surface area contributed by atoms with E-state index >= 15 is 0 Å². The van der Waals surface area contributed by atoms with Crippen molar-refractivity contribution in [3.05, 3.63) is 35.4 Å². The molecule has 15 heavy (non-hydrogen) atoms. The summed E-state index contributed by atoms with van der Waals surface area (Å²) < 4.78 is 0. The van der Waals surface area contributed by atoms with E-state index in [0.29, 0.717) is 17.7 Å². The topological polar surface area (TPSA) is 83.5 Å². The molecule has 0 fully saturated rings. The molecule has 80 valence electrons. The number of nitrogens with two attached hydrogens (primary N) is 1. The summed E-state index contributed by atoms with van der Waals surface area (Å²) in [5.41, 5.74) is 6.67. The third-order valence-corrected chi connectivity index (χ3v) is 1.90. The van der Waals surface area contributed by atoms with Crippen molar-refractivity contribution in [2.45, 2.75) is 6.42 Å². The van der Waals surface area contributed by atoms with Gasteiger partial charge in [-0.2, -0.15) is 0 Å². The SMILES string of the molecule is Nc1ccc(C=CCCO)c(C(=O)O)c1. The molecule has 4 N–H and O–H groups in total. The first-order valence-electron chi connectivity index (χ1n) is 4.55. The van der Waals surface area contributed by atoms with Crippen LogP contribution in [0, 0.1) is 0 Å². The second-order valence-corrected chi connectivity index (χ2v) is 3.07.